The molecule has 0 aromatic heterocycles. The monoisotopic (exact) mass is 198 g/mol. The fraction of sp³-hybridized carbons (Fsp3) is 1.00. The number of rotatable bonds is 1. The van der Waals surface area contributed by atoms with Crippen LogP contribution in [-0.4, -0.2) is 16.0 Å². The Labute approximate surface area is 86.3 Å². The van der Waals surface area contributed by atoms with E-state index >= 15 is 0 Å². The Morgan fingerprint density at radius 1 is 1.14 bits per heavy atom. The maximum atomic E-state index is 9.93. The number of fused-ring (bicyclic) bond motifs is 1. The van der Waals surface area contributed by atoms with Gasteiger partial charge < -0.3 is 10.2 Å². The van der Waals surface area contributed by atoms with Gasteiger partial charge in [0.2, 0.25) is 0 Å². The Morgan fingerprint density at radius 2 is 1.86 bits per heavy atom. The second-order valence-corrected chi connectivity index (χ2v) is 5.14. The minimum absolute atomic E-state index is 0.126. The van der Waals surface area contributed by atoms with Crippen molar-refractivity contribution in [2.45, 2.75) is 57.7 Å². The third kappa shape index (κ3) is 1.70. The van der Waals surface area contributed by atoms with Gasteiger partial charge in [0.1, 0.15) is 0 Å². The summed E-state index contributed by atoms with van der Waals surface area (Å²) in [5, 5.41) is 19.9. The highest BCUT2D eigenvalue weighted by atomic mass is 16.5. The van der Waals surface area contributed by atoms with Crippen molar-refractivity contribution in [1.29, 1.82) is 0 Å². The first-order chi connectivity index (χ1) is 6.65. The molecule has 2 nitrogen and oxygen atoms in total. The molecule has 2 N–H and O–H groups in total. The zero-order valence-corrected chi connectivity index (χ0v) is 9.08. The van der Waals surface area contributed by atoms with E-state index < -0.39 is 5.79 Å². The van der Waals surface area contributed by atoms with E-state index in [1.807, 2.05) is 0 Å². The molecule has 3 unspecified atom stereocenters. The lowest BCUT2D eigenvalue weighted by Gasteiger charge is -2.47. The van der Waals surface area contributed by atoms with E-state index in [0.29, 0.717) is 12.3 Å². The Bertz CT molecular complexity index is 200. The van der Waals surface area contributed by atoms with Crippen LogP contribution in [0.15, 0.2) is 0 Å². The Morgan fingerprint density at radius 3 is 2.57 bits per heavy atom. The van der Waals surface area contributed by atoms with Crippen LogP contribution in [0.3, 0.4) is 0 Å². The van der Waals surface area contributed by atoms with Crippen molar-refractivity contribution in [3.05, 3.63) is 0 Å². The van der Waals surface area contributed by atoms with E-state index in [2.05, 4.69) is 6.92 Å². The summed E-state index contributed by atoms with van der Waals surface area (Å²) in [6.45, 7) is 2.09. The number of aliphatic hydroxyl groups is 2. The summed E-state index contributed by atoms with van der Waals surface area (Å²) >= 11 is 0. The summed E-state index contributed by atoms with van der Waals surface area (Å²) in [5.74, 6) is 0.118. The lowest BCUT2D eigenvalue weighted by Crippen LogP contribution is -2.49. The molecule has 2 rings (SSSR count). The molecule has 0 aliphatic heterocycles. The summed E-state index contributed by atoms with van der Waals surface area (Å²) in [5.41, 5.74) is 0. The van der Waals surface area contributed by atoms with Crippen molar-refractivity contribution in [3.8, 4) is 0 Å². The summed E-state index contributed by atoms with van der Waals surface area (Å²) in [6.07, 6.45) is 7.69. The molecule has 14 heavy (non-hydrogen) atoms. The van der Waals surface area contributed by atoms with Gasteiger partial charge in [0.25, 0.3) is 0 Å². The highest BCUT2D eigenvalue weighted by molar-refractivity contribution is 4.92. The number of hydrogen-bond donors (Lipinski definition) is 2. The Hall–Kier alpha value is -0.0800. The summed E-state index contributed by atoms with van der Waals surface area (Å²) < 4.78 is 0. The largest absolute Gasteiger partial charge is 0.365 e. The van der Waals surface area contributed by atoms with Gasteiger partial charge in [-0.05, 0) is 31.1 Å². The minimum Gasteiger partial charge on any atom is -0.365 e. The lowest BCUT2D eigenvalue weighted by atomic mass is 9.62. The van der Waals surface area contributed by atoms with Crippen molar-refractivity contribution in [1.82, 2.24) is 0 Å². The van der Waals surface area contributed by atoms with Gasteiger partial charge in [-0.25, -0.2) is 0 Å². The Balaban J connectivity index is 2.13. The minimum atomic E-state index is -1.37. The van der Waals surface area contributed by atoms with Crippen LogP contribution >= 0.6 is 0 Å². The molecule has 0 aromatic rings. The normalized spacial score (nSPS) is 41.8. The molecule has 0 aromatic carbocycles. The lowest BCUT2D eigenvalue weighted by molar-refractivity contribution is -0.243. The van der Waals surface area contributed by atoms with Crippen LogP contribution in [0.25, 0.3) is 0 Å². The average molecular weight is 198 g/mol. The van der Waals surface area contributed by atoms with Gasteiger partial charge in [0, 0.05) is 12.3 Å². The molecule has 0 bridgehead atoms. The molecule has 2 saturated carbocycles. The topological polar surface area (TPSA) is 40.5 Å². The van der Waals surface area contributed by atoms with Gasteiger partial charge in [0.05, 0.1) is 0 Å². The molecule has 82 valence electrons. The maximum absolute atomic E-state index is 9.93. The maximum Gasteiger partial charge on any atom is 0.165 e. The van der Waals surface area contributed by atoms with Crippen molar-refractivity contribution in [3.63, 3.8) is 0 Å². The first-order valence-electron chi connectivity index (χ1n) is 6.10. The molecule has 2 fully saturated rings. The van der Waals surface area contributed by atoms with Crippen molar-refractivity contribution in [2.75, 3.05) is 0 Å². The van der Waals surface area contributed by atoms with Gasteiger partial charge in [-0.2, -0.15) is 0 Å². The van der Waals surface area contributed by atoms with E-state index in [4.69, 9.17) is 0 Å². The summed E-state index contributed by atoms with van der Waals surface area (Å²) in [4.78, 5) is 0. The van der Waals surface area contributed by atoms with Gasteiger partial charge in [-0.15, -0.1) is 0 Å². The molecule has 2 aliphatic rings. The fourth-order valence-corrected chi connectivity index (χ4v) is 3.68. The molecule has 0 heterocycles. The predicted molar refractivity (Wildman–Crippen MR) is 55.6 cm³/mol. The first kappa shape index (κ1) is 10.4. The molecule has 0 radical (unpaired) electrons. The van der Waals surface area contributed by atoms with Crippen LogP contribution in [0, 0.1) is 17.8 Å². The van der Waals surface area contributed by atoms with Crippen LogP contribution in [0.1, 0.15) is 51.9 Å². The second kappa shape index (κ2) is 3.82. The predicted octanol–water partition coefficient (Wildman–Crippen LogP) is 2.29. The Kier molecular flexibility index (Phi) is 2.85. The molecule has 2 aliphatic carbocycles. The second-order valence-electron chi connectivity index (χ2n) is 5.14. The van der Waals surface area contributed by atoms with E-state index in [1.165, 1.54) is 25.7 Å². The van der Waals surface area contributed by atoms with E-state index in [1.54, 1.807) is 0 Å². The standard InChI is InChI=1S/C12H22O2/c1-2-11-10-6-4-3-5-9(10)7-8-12(11,13)14/h9-11,13-14H,2-8H2,1H3. The molecule has 0 amide bonds. The smallest absolute Gasteiger partial charge is 0.165 e. The van der Waals surface area contributed by atoms with E-state index in [-0.39, 0.29) is 5.92 Å². The van der Waals surface area contributed by atoms with Gasteiger partial charge in [-0.3, -0.25) is 0 Å². The van der Waals surface area contributed by atoms with Gasteiger partial charge in [-0.1, -0.05) is 26.2 Å². The molecular formula is C12H22O2. The van der Waals surface area contributed by atoms with E-state index in [9.17, 15) is 10.2 Å². The quantitative estimate of drug-likeness (QED) is 0.635. The highest BCUT2D eigenvalue weighted by Crippen LogP contribution is 2.48. The summed E-state index contributed by atoms with van der Waals surface area (Å²) in [6, 6.07) is 0. The van der Waals surface area contributed by atoms with Crippen molar-refractivity contribution >= 4 is 0 Å². The van der Waals surface area contributed by atoms with Gasteiger partial charge >= 0.3 is 0 Å². The zero-order chi connectivity index (χ0) is 10.2. The van der Waals surface area contributed by atoms with Crippen LogP contribution in [0.4, 0.5) is 0 Å². The van der Waals surface area contributed by atoms with Crippen LogP contribution in [0.5, 0.6) is 0 Å². The third-order valence-corrected chi connectivity index (χ3v) is 4.40. The number of hydrogen-bond acceptors (Lipinski definition) is 2. The summed E-state index contributed by atoms with van der Waals surface area (Å²) in [7, 11) is 0. The average Bonchev–Trinajstić information content (AvgIpc) is 2.17. The van der Waals surface area contributed by atoms with Crippen LogP contribution in [-0.2, 0) is 0 Å². The highest BCUT2D eigenvalue weighted by Gasteiger charge is 2.46. The van der Waals surface area contributed by atoms with Gasteiger partial charge in [0.15, 0.2) is 5.79 Å². The fourth-order valence-electron chi connectivity index (χ4n) is 3.68. The van der Waals surface area contributed by atoms with E-state index in [0.717, 1.165) is 18.8 Å². The van der Waals surface area contributed by atoms with Crippen molar-refractivity contribution < 1.29 is 10.2 Å². The zero-order valence-electron chi connectivity index (χ0n) is 9.08. The van der Waals surface area contributed by atoms with Crippen LogP contribution < -0.4 is 0 Å². The van der Waals surface area contributed by atoms with Crippen molar-refractivity contribution in [2.24, 2.45) is 17.8 Å². The molecule has 0 saturated heterocycles. The molecular weight excluding hydrogens is 176 g/mol. The first-order valence-corrected chi connectivity index (χ1v) is 6.10. The van der Waals surface area contributed by atoms with Crippen LogP contribution in [0.2, 0.25) is 0 Å². The third-order valence-electron chi connectivity index (χ3n) is 4.40. The molecule has 3 atom stereocenters. The SMILES string of the molecule is CCC1C2CCCCC2CCC1(O)O. The molecule has 0 spiro atoms. The molecule has 2 heteroatoms.